The Balaban J connectivity index is 1.47. The van der Waals surface area contributed by atoms with Crippen LogP contribution in [-0.2, 0) is 16.0 Å². The second-order valence-electron chi connectivity index (χ2n) is 5.36. The number of nitrogen functional groups attached to an aromatic ring is 1. The molecule has 8 heteroatoms. The van der Waals surface area contributed by atoms with Gasteiger partial charge >= 0.3 is 0 Å². The van der Waals surface area contributed by atoms with Gasteiger partial charge < -0.3 is 19.8 Å². The first-order valence-electron chi connectivity index (χ1n) is 7.61. The first-order chi connectivity index (χ1) is 10.7. The summed E-state index contributed by atoms with van der Waals surface area (Å²) in [5.41, 5.74) is 6.82. The third-order valence-electron chi connectivity index (χ3n) is 3.68. The summed E-state index contributed by atoms with van der Waals surface area (Å²) in [4.78, 5) is 12.3. The van der Waals surface area contributed by atoms with E-state index in [1.54, 1.807) is 6.33 Å². The van der Waals surface area contributed by atoms with Gasteiger partial charge in [0.25, 0.3) is 0 Å². The van der Waals surface area contributed by atoms with Crippen molar-refractivity contribution >= 4 is 28.7 Å². The van der Waals surface area contributed by atoms with Crippen molar-refractivity contribution in [2.24, 2.45) is 0 Å². The average molecular weight is 326 g/mol. The summed E-state index contributed by atoms with van der Waals surface area (Å²) in [6.07, 6.45) is 6.93. The molecule has 22 heavy (non-hydrogen) atoms. The van der Waals surface area contributed by atoms with Gasteiger partial charge in [-0.3, -0.25) is 0 Å². The number of rotatable bonds is 6. The molecule has 0 bridgehead atoms. The summed E-state index contributed by atoms with van der Waals surface area (Å²) in [5, 5.41) is 0.340. The van der Waals surface area contributed by atoms with E-state index in [2.05, 4.69) is 15.0 Å². The number of imidazole rings is 1. The van der Waals surface area contributed by atoms with Crippen LogP contribution >= 0.6 is 11.6 Å². The molecule has 0 aliphatic carbocycles. The normalized spacial score (nSPS) is 18.9. The van der Waals surface area contributed by atoms with Crippen LogP contribution in [0.5, 0.6) is 0 Å². The van der Waals surface area contributed by atoms with Crippen LogP contribution in [0.25, 0.3) is 11.2 Å². The number of ether oxygens (including phenoxy) is 2. The zero-order valence-electron chi connectivity index (χ0n) is 12.4. The van der Waals surface area contributed by atoms with Crippen molar-refractivity contribution in [2.45, 2.75) is 44.9 Å². The van der Waals surface area contributed by atoms with E-state index in [-0.39, 0.29) is 12.2 Å². The molecule has 1 unspecified atom stereocenters. The third kappa shape index (κ3) is 3.66. The molecule has 2 aromatic rings. The molecule has 0 saturated carbocycles. The van der Waals surface area contributed by atoms with E-state index < -0.39 is 0 Å². The van der Waals surface area contributed by atoms with E-state index in [9.17, 15) is 0 Å². The molecule has 1 aliphatic heterocycles. The first kappa shape index (κ1) is 15.5. The quantitative estimate of drug-likeness (QED) is 0.648. The SMILES string of the molecule is Nc1nc(Cl)c2c(ncn2CCCCOC2CCCCO2)n1. The molecule has 1 fully saturated rings. The van der Waals surface area contributed by atoms with Crippen LogP contribution in [0.2, 0.25) is 5.15 Å². The van der Waals surface area contributed by atoms with E-state index in [0.29, 0.717) is 17.4 Å². The Hall–Kier alpha value is -1.44. The highest BCUT2D eigenvalue weighted by Crippen LogP contribution is 2.21. The molecule has 1 atom stereocenters. The summed E-state index contributed by atoms with van der Waals surface area (Å²) >= 11 is 6.12. The maximum absolute atomic E-state index is 6.12. The Bertz CT molecular complexity index is 627. The second-order valence-corrected chi connectivity index (χ2v) is 5.71. The van der Waals surface area contributed by atoms with Crippen molar-refractivity contribution in [3.8, 4) is 0 Å². The predicted molar refractivity (Wildman–Crippen MR) is 83.5 cm³/mol. The highest BCUT2D eigenvalue weighted by Gasteiger charge is 2.14. The highest BCUT2D eigenvalue weighted by molar-refractivity contribution is 6.33. The van der Waals surface area contributed by atoms with E-state index in [1.807, 2.05) is 4.57 Å². The van der Waals surface area contributed by atoms with Crippen LogP contribution in [0, 0.1) is 0 Å². The lowest BCUT2D eigenvalue weighted by Crippen LogP contribution is -2.22. The van der Waals surface area contributed by atoms with Gasteiger partial charge in [-0.2, -0.15) is 9.97 Å². The van der Waals surface area contributed by atoms with E-state index >= 15 is 0 Å². The van der Waals surface area contributed by atoms with Crippen molar-refractivity contribution in [2.75, 3.05) is 18.9 Å². The monoisotopic (exact) mass is 325 g/mol. The second kappa shape index (κ2) is 7.21. The molecule has 7 nitrogen and oxygen atoms in total. The minimum atomic E-state index is -0.0198. The standard InChI is InChI=1S/C14H20ClN5O2/c15-12-11-13(19-14(16)18-12)17-9-20(11)6-2-4-8-22-10-5-1-3-7-21-10/h9-10H,1-8H2,(H2,16,18,19). The van der Waals surface area contributed by atoms with Gasteiger partial charge in [0.1, 0.15) is 5.52 Å². The van der Waals surface area contributed by atoms with Gasteiger partial charge in [-0.15, -0.1) is 0 Å². The number of nitrogens with two attached hydrogens (primary N) is 1. The lowest BCUT2D eigenvalue weighted by atomic mass is 10.2. The van der Waals surface area contributed by atoms with Crippen LogP contribution in [0.4, 0.5) is 5.95 Å². The lowest BCUT2D eigenvalue weighted by Gasteiger charge is -2.22. The molecule has 0 amide bonds. The number of hydrogen-bond acceptors (Lipinski definition) is 6. The molecule has 0 aromatic carbocycles. The van der Waals surface area contributed by atoms with Gasteiger partial charge in [0.2, 0.25) is 5.95 Å². The Morgan fingerprint density at radius 2 is 2.27 bits per heavy atom. The van der Waals surface area contributed by atoms with E-state index in [0.717, 1.165) is 44.4 Å². The van der Waals surface area contributed by atoms with Crippen LogP contribution in [0.1, 0.15) is 32.1 Å². The number of hydrogen-bond donors (Lipinski definition) is 1. The molecular formula is C14H20ClN5O2. The predicted octanol–water partition coefficient (Wildman–Crippen LogP) is 2.39. The Labute approximate surface area is 133 Å². The van der Waals surface area contributed by atoms with Crippen LogP contribution < -0.4 is 5.73 Å². The van der Waals surface area contributed by atoms with Crippen molar-refractivity contribution in [3.05, 3.63) is 11.5 Å². The largest absolute Gasteiger partial charge is 0.368 e. The smallest absolute Gasteiger partial charge is 0.223 e. The van der Waals surface area contributed by atoms with Gasteiger partial charge in [0.15, 0.2) is 17.1 Å². The fourth-order valence-corrected chi connectivity index (χ4v) is 2.84. The molecular weight excluding hydrogens is 306 g/mol. The van der Waals surface area contributed by atoms with E-state index in [4.69, 9.17) is 26.8 Å². The Morgan fingerprint density at radius 1 is 1.36 bits per heavy atom. The summed E-state index contributed by atoms with van der Waals surface area (Å²) in [7, 11) is 0. The van der Waals surface area contributed by atoms with Crippen molar-refractivity contribution < 1.29 is 9.47 Å². The van der Waals surface area contributed by atoms with Crippen molar-refractivity contribution in [1.29, 1.82) is 0 Å². The number of fused-ring (bicyclic) bond motifs is 1. The molecule has 3 heterocycles. The summed E-state index contributed by atoms with van der Waals surface area (Å²) < 4.78 is 13.2. The van der Waals surface area contributed by atoms with Crippen LogP contribution in [0.3, 0.4) is 0 Å². The third-order valence-corrected chi connectivity index (χ3v) is 3.95. The Morgan fingerprint density at radius 3 is 3.09 bits per heavy atom. The summed E-state index contributed by atoms with van der Waals surface area (Å²) in [6, 6.07) is 0. The topological polar surface area (TPSA) is 88.1 Å². The molecule has 0 spiro atoms. The summed E-state index contributed by atoms with van der Waals surface area (Å²) in [5.74, 6) is 0.142. The molecule has 0 radical (unpaired) electrons. The van der Waals surface area contributed by atoms with Crippen LogP contribution in [0.15, 0.2) is 6.33 Å². The molecule has 1 saturated heterocycles. The average Bonchev–Trinajstić information content (AvgIpc) is 2.91. The molecule has 1 aliphatic rings. The maximum atomic E-state index is 6.12. The number of aryl methyl sites for hydroxylation is 1. The highest BCUT2D eigenvalue weighted by atomic mass is 35.5. The van der Waals surface area contributed by atoms with Crippen LogP contribution in [-0.4, -0.2) is 39.0 Å². The lowest BCUT2D eigenvalue weighted by molar-refractivity contribution is -0.162. The zero-order valence-corrected chi connectivity index (χ0v) is 13.1. The first-order valence-corrected chi connectivity index (χ1v) is 7.99. The molecule has 3 rings (SSSR count). The Kier molecular flexibility index (Phi) is 5.07. The van der Waals surface area contributed by atoms with Gasteiger partial charge in [-0.05, 0) is 32.1 Å². The molecule has 120 valence electrons. The fourth-order valence-electron chi connectivity index (χ4n) is 2.56. The molecule has 2 aromatic heterocycles. The fraction of sp³-hybridized carbons (Fsp3) is 0.643. The minimum Gasteiger partial charge on any atom is -0.368 e. The maximum Gasteiger partial charge on any atom is 0.223 e. The van der Waals surface area contributed by atoms with Gasteiger partial charge in [-0.1, -0.05) is 11.6 Å². The number of anilines is 1. The van der Waals surface area contributed by atoms with Gasteiger partial charge in [0, 0.05) is 19.8 Å². The number of halogens is 1. The van der Waals surface area contributed by atoms with Gasteiger partial charge in [-0.25, -0.2) is 4.98 Å². The zero-order chi connectivity index (χ0) is 15.4. The van der Waals surface area contributed by atoms with Gasteiger partial charge in [0.05, 0.1) is 6.33 Å². The summed E-state index contributed by atoms with van der Waals surface area (Å²) in [6.45, 7) is 2.31. The number of unbranched alkanes of at least 4 members (excludes halogenated alkanes) is 1. The molecule has 2 N–H and O–H groups in total. The van der Waals surface area contributed by atoms with E-state index in [1.165, 1.54) is 6.42 Å². The van der Waals surface area contributed by atoms with Crippen molar-refractivity contribution in [1.82, 2.24) is 19.5 Å². The number of aromatic nitrogens is 4. The van der Waals surface area contributed by atoms with Crippen molar-refractivity contribution in [3.63, 3.8) is 0 Å². The minimum absolute atomic E-state index is 0.0198. The number of nitrogens with zero attached hydrogens (tertiary/aromatic N) is 4.